The minimum atomic E-state index is -0.114. The van der Waals surface area contributed by atoms with E-state index in [1.54, 1.807) is 6.07 Å². The first-order valence-electron chi connectivity index (χ1n) is 6.59. The van der Waals surface area contributed by atoms with Crippen LogP contribution in [0.5, 0.6) is 0 Å². The summed E-state index contributed by atoms with van der Waals surface area (Å²) in [5, 5.41) is 3.38. The molecule has 1 aromatic carbocycles. The van der Waals surface area contributed by atoms with Gasteiger partial charge in [-0.25, -0.2) is 4.39 Å². The number of benzene rings is 1. The minimum absolute atomic E-state index is 0. The Balaban J connectivity index is 0.00000180. The molecule has 1 heterocycles. The van der Waals surface area contributed by atoms with E-state index in [9.17, 15) is 4.39 Å². The van der Waals surface area contributed by atoms with E-state index < -0.39 is 0 Å². The van der Waals surface area contributed by atoms with Gasteiger partial charge in [-0.05, 0) is 38.1 Å². The van der Waals surface area contributed by atoms with Crippen molar-refractivity contribution in [2.75, 3.05) is 19.6 Å². The molecule has 2 nitrogen and oxygen atoms in total. The second kappa shape index (κ2) is 8.20. The minimum Gasteiger partial charge on any atom is -0.315 e. The molecule has 1 unspecified atom stereocenters. The zero-order valence-electron chi connectivity index (χ0n) is 11.2. The molecule has 0 aliphatic carbocycles. The fourth-order valence-electron chi connectivity index (χ4n) is 2.50. The predicted molar refractivity (Wildman–Crippen MR) is 83.3 cm³/mol. The van der Waals surface area contributed by atoms with E-state index >= 15 is 0 Å². The van der Waals surface area contributed by atoms with Crippen LogP contribution in [-0.4, -0.2) is 30.6 Å². The van der Waals surface area contributed by atoms with Crippen molar-refractivity contribution in [1.29, 1.82) is 0 Å². The van der Waals surface area contributed by atoms with Gasteiger partial charge in [0.05, 0.1) is 0 Å². The van der Waals surface area contributed by atoms with Gasteiger partial charge in [0.25, 0.3) is 0 Å². The monoisotopic (exact) mass is 350 g/mol. The smallest absolute Gasteiger partial charge is 0.128 e. The topological polar surface area (TPSA) is 15.3 Å². The zero-order chi connectivity index (χ0) is 13.0. The lowest BCUT2D eigenvalue weighted by molar-refractivity contribution is 0.197. The summed E-state index contributed by atoms with van der Waals surface area (Å²) in [4.78, 5) is 2.40. The molecule has 5 heteroatoms. The molecule has 1 aliphatic heterocycles. The van der Waals surface area contributed by atoms with Crippen LogP contribution in [-0.2, 0) is 6.54 Å². The van der Waals surface area contributed by atoms with Crippen molar-refractivity contribution in [2.45, 2.75) is 32.4 Å². The molecular formula is C14H21BrClFN2. The van der Waals surface area contributed by atoms with Gasteiger partial charge in [0.2, 0.25) is 0 Å². The maximum atomic E-state index is 13.9. The van der Waals surface area contributed by atoms with Gasteiger partial charge in [0.1, 0.15) is 5.82 Å². The fraction of sp³-hybridized carbons (Fsp3) is 0.571. The first-order valence-corrected chi connectivity index (χ1v) is 7.38. The standard InChI is InChI=1S/C14H20BrFN2.ClH/c1-2-7-18(13-5-6-17-9-13)10-11-3-4-12(15)8-14(11)16;/h3-4,8,13,17H,2,5-7,9-10H2,1H3;1H. The third kappa shape index (κ3) is 4.71. The number of nitrogens with one attached hydrogen (secondary N) is 1. The lowest BCUT2D eigenvalue weighted by Gasteiger charge is -2.28. The second-order valence-corrected chi connectivity index (χ2v) is 5.77. The van der Waals surface area contributed by atoms with E-state index in [2.05, 4.69) is 33.1 Å². The molecule has 1 aromatic rings. The Hall–Kier alpha value is -0.160. The molecule has 0 bridgehead atoms. The van der Waals surface area contributed by atoms with E-state index in [0.29, 0.717) is 12.6 Å². The van der Waals surface area contributed by atoms with E-state index in [1.807, 2.05) is 12.1 Å². The van der Waals surface area contributed by atoms with Crippen LogP contribution in [0.25, 0.3) is 0 Å². The van der Waals surface area contributed by atoms with Crippen LogP contribution in [0, 0.1) is 5.82 Å². The Labute approximate surface area is 129 Å². The molecule has 108 valence electrons. The van der Waals surface area contributed by atoms with E-state index in [0.717, 1.165) is 42.5 Å². The van der Waals surface area contributed by atoms with Gasteiger partial charge >= 0.3 is 0 Å². The molecule has 0 spiro atoms. The first kappa shape index (κ1) is 16.9. The summed E-state index contributed by atoms with van der Waals surface area (Å²) >= 11 is 3.30. The molecule has 0 radical (unpaired) electrons. The van der Waals surface area contributed by atoms with E-state index in [-0.39, 0.29) is 18.2 Å². The molecule has 1 aliphatic rings. The van der Waals surface area contributed by atoms with Gasteiger partial charge < -0.3 is 5.32 Å². The van der Waals surface area contributed by atoms with Crippen molar-refractivity contribution >= 4 is 28.3 Å². The number of hydrogen-bond donors (Lipinski definition) is 1. The highest BCUT2D eigenvalue weighted by molar-refractivity contribution is 9.10. The highest BCUT2D eigenvalue weighted by atomic mass is 79.9. The highest BCUT2D eigenvalue weighted by Crippen LogP contribution is 2.19. The van der Waals surface area contributed by atoms with Crippen LogP contribution in [0.15, 0.2) is 22.7 Å². The maximum Gasteiger partial charge on any atom is 0.128 e. The Kier molecular flexibility index (Phi) is 7.29. The van der Waals surface area contributed by atoms with Crippen molar-refractivity contribution in [1.82, 2.24) is 10.2 Å². The summed E-state index contributed by atoms with van der Waals surface area (Å²) in [6.07, 6.45) is 2.27. The lowest BCUT2D eigenvalue weighted by Crippen LogP contribution is -2.37. The average molecular weight is 352 g/mol. The number of rotatable bonds is 5. The van der Waals surface area contributed by atoms with E-state index in [4.69, 9.17) is 0 Å². The summed E-state index contributed by atoms with van der Waals surface area (Å²) in [7, 11) is 0. The zero-order valence-corrected chi connectivity index (χ0v) is 13.6. The quantitative estimate of drug-likeness (QED) is 0.872. The number of hydrogen-bond acceptors (Lipinski definition) is 2. The van der Waals surface area contributed by atoms with Gasteiger partial charge in [0.15, 0.2) is 0 Å². The molecule has 2 rings (SSSR count). The van der Waals surface area contributed by atoms with Crippen molar-refractivity contribution < 1.29 is 4.39 Å². The largest absolute Gasteiger partial charge is 0.315 e. The third-order valence-electron chi connectivity index (χ3n) is 3.45. The van der Waals surface area contributed by atoms with Crippen LogP contribution in [0.1, 0.15) is 25.3 Å². The van der Waals surface area contributed by atoms with Crippen LogP contribution >= 0.6 is 28.3 Å². The highest BCUT2D eigenvalue weighted by Gasteiger charge is 2.22. The molecular weight excluding hydrogens is 331 g/mol. The van der Waals surface area contributed by atoms with Crippen molar-refractivity contribution in [3.05, 3.63) is 34.1 Å². The normalized spacial score (nSPS) is 18.6. The molecule has 0 saturated carbocycles. The Morgan fingerprint density at radius 2 is 2.26 bits per heavy atom. The molecule has 19 heavy (non-hydrogen) atoms. The number of halogens is 3. The summed E-state index contributed by atoms with van der Waals surface area (Å²) in [6.45, 7) is 6.01. The van der Waals surface area contributed by atoms with Crippen molar-refractivity contribution in [3.8, 4) is 0 Å². The molecule has 1 atom stereocenters. The summed E-state index contributed by atoms with van der Waals surface area (Å²) in [5.74, 6) is -0.114. The Bertz CT molecular complexity index is 397. The van der Waals surface area contributed by atoms with Gasteiger partial charge in [-0.2, -0.15) is 0 Å². The third-order valence-corrected chi connectivity index (χ3v) is 3.94. The van der Waals surface area contributed by atoms with Gasteiger partial charge in [-0.3, -0.25) is 4.90 Å². The van der Waals surface area contributed by atoms with Crippen molar-refractivity contribution in [2.24, 2.45) is 0 Å². The molecule has 1 fully saturated rings. The molecule has 0 aromatic heterocycles. The SMILES string of the molecule is CCCN(Cc1ccc(Br)cc1F)C1CCNC1.Cl. The second-order valence-electron chi connectivity index (χ2n) is 4.85. The van der Waals surface area contributed by atoms with Crippen LogP contribution in [0.4, 0.5) is 4.39 Å². The predicted octanol–water partition coefficient (Wildman–Crippen LogP) is 3.58. The fourth-order valence-corrected chi connectivity index (χ4v) is 2.83. The maximum absolute atomic E-state index is 13.9. The van der Waals surface area contributed by atoms with Gasteiger partial charge in [0, 0.05) is 29.2 Å². The lowest BCUT2D eigenvalue weighted by atomic mass is 10.1. The number of nitrogens with zero attached hydrogens (tertiary/aromatic N) is 1. The van der Waals surface area contributed by atoms with Crippen LogP contribution < -0.4 is 5.32 Å². The van der Waals surface area contributed by atoms with Crippen LogP contribution in [0.3, 0.4) is 0 Å². The van der Waals surface area contributed by atoms with E-state index in [1.165, 1.54) is 0 Å². The molecule has 0 amide bonds. The Morgan fingerprint density at radius 3 is 2.84 bits per heavy atom. The summed E-state index contributed by atoms with van der Waals surface area (Å²) in [5.41, 5.74) is 0.790. The van der Waals surface area contributed by atoms with Gasteiger partial charge in [-0.15, -0.1) is 12.4 Å². The van der Waals surface area contributed by atoms with Crippen LogP contribution in [0.2, 0.25) is 0 Å². The summed E-state index contributed by atoms with van der Waals surface area (Å²) < 4.78 is 14.7. The summed E-state index contributed by atoms with van der Waals surface area (Å²) in [6, 6.07) is 5.89. The Morgan fingerprint density at radius 1 is 1.47 bits per heavy atom. The van der Waals surface area contributed by atoms with Crippen molar-refractivity contribution in [3.63, 3.8) is 0 Å². The molecule has 1 saturated heterocycles. The van der Waals surface area contributed by atoms with Gasteiger partial charge in [-0.1, -0.05) is 28.9 Å². The first-order chi connectivity index (χ1) is 8.70. The molecule has 1 N–H and O–H groups in total. The average Bonchev–Trinajstić information content (AvgIpc) is 2.85.